The highest BCUT2D eigenvalue weighted by molar-refractivity contribution is 5.73. The van der Waals surface area contributed by atoms with Crippen molar-refractivity contribution in [2.24, 2.45) is 5.73 Å². The Morgan fingerprint density at radius 2 is 1.50 bits per heavy atom. The second kappa shape index (κ2) is 6.38. The quantitative estimate of drug-likeness (QED) is 0.368. The number of rotatable bonds is 2. The van der Waals surface area contributed by atoms with Crippen LogP contribution in [0.1, 0.15) is 6.92 Å². The molecule has 72 valence electrons. The van der Waals surface area contributed by atoms with Gasteiger partial charge < -0.3 is 26.2 Å². The number of aliphatic hydroxyl groups is 1. The van der Waals surface area contributed by atoms with Crippen LogP contribution in [0.3, 0.4) is 0 Å². The van der Waals surface area contributed by atoms with Gasteiger partial charge in [0.15, 0.2) is 0 Å². The van der Waals surface area contributed by atoms with Crippen LogP contribution < -0.4 is 5.73 Å². The minimum atomic E-state index is -1.83. The van der Waals surface area contributed by atoms with Gasteiger partial charge in [0.05, 0.1) is 6.10 Å². The predicted octanol–water partition coefficient (Wildman–Crippen LogP) is -0.998. The van der Waals surface area contributed by atoms with Crippen LogP contribution >= 0.6 is 0 Å². The van der Waals surface area contributed by atoms with Crippen LogP contribution in [0.2, 0.25) is 0 Å². The molecule has 0 amide bonds. The zero-order valence-electron chi connectivity index (χ0n) is 6.34. The molecule has 2 atom stereocenters. The van der Waals surface area contributed by atoms with E-state index in [9.17, 15) is 4.79 Å². The first-order chi connectivity index (χ1) is 5.29. The molecule has 12 heavy (non-hydrogen) atoms. The third kappa shape index (κ3) is 11.5. The molecule has 7 heteroatoms. The standard InChI is InChI=1S/C4H9NO3.CH2O3/c1-2(6)3(5)4(7)8;2-1(3)4/h2-3,6H,5H2,1H3,(H,7,8);(H2,2,3,4)/t2-,3+;/m1./s1. The van der Waals surface area contributed by atoms with Gasteiger partial charge >= 0.3 is 12.1 Å². The van der Waals surface area contributed by atoms with E-state index in [1.54, 1.807) is 0 Å². The van der Waals surface area contributed by atoms with Crippen LogP contribution in [0.25, 0.3) is 0 Å². The Balaban J connectivity index is 0. The number of carbonyl (C=O) groups is 2. The van der Waals surface area contributed by atoms with Crippen LogP contribution in [0.4, 0.5) is 4.79 Å². The van der Waals surface area contributed by atoms with Gasteiger partial charge in [-0.15, -0.1) is 0 Å². The highest BCUT2D eigenvalue weighted by Crippen LogP contribution is 1.85. The Morgan fingerprint density at radius 3 is 1.50 bits per heavy atom. The van der Waals surface area contributed by atoms with Crippen LogP contribution in [-0.2, 0) is 4.79 Å². The first-order valence-corrected chi connectivity index (χ1v) is 2.87. The van der Waals surface area contributed by atoms with E-state index in [-0.39, 0.29) is 0 Å². The summed E-state index contributed by atoms with van der Waals surface area (Å²) in [5.41, 5.74) is 4.91. The van der Waals surface area contributed by atoms with Crippen LogP contribution in [-0.4, -0.2) is 44.7 Å². The largest absolute Gasteiger partial charge is 0.503 e. The Kier molecular flexibility index (Phi) is 7.05. The van der Waals surface area contributed by atoms with Gasteiger partial charge in [0.1, 0.15) is 6.04 Å². The first kappa shape index (κ1) is 13.3. The lowest BCUT2D eigenvalue weighted by Crippen LogP contribution is -2.39. The van der Waals surface area contributed by atoms with E-state index in [2.05, 4.69) is 0 Å². The number of aliphatic hydroxyl groups excluding tert-OH is 1. The molecule has 0 spiro atoms. The summed E-state index contributed by atoms with van der Waals surface area (Å²) in [4.78, 5) is 18.4. The Labute approximate surface area is 68.0 Å². The zero-order chi connectivity index (χ0) is 10.3. The molecule has 0 fully saturated rings. The highest BCUT2D eigenvalue weighted by atomic mass is 16.6. The summed E-state index contributed by atoms with van der Waals surface area (Å²) in [6, 6.07) is -1.16. The number of aliphatic carboxylic acids is 1. The monoisotopic (exact) mass is 181 g/mol. The summed E-state index contributed by atoms with van der Waals surface area (Å²) in [5, 5.41) is 30.5. The molecular formula is C5H11NO6. The fraction of sp³-hybridized carbons (Fsp3) is 0.600. The molecule has 0 unspecified atom stereocenters. The molecule has 0 aliphatic rings. The van der Waals surface area contributed by atoms with Gasteiger partial charge in [-0.3, -0.25) is 4.79 Å². The van der Waals surface area contributed by atoms with Crippen molar-refractivity contribution in [3.63, 3.8) is 0 Å². The molecule has 6 N–H and O–H groups in total. The van der Waals surface area contributed by atoms with Gasteiger partial charge in [-0.1, -0.05) is 0 Å². The summed E-state index contributed by atoms with van der Waals surface area (Å²) in [7, 11) is 0. The van der Waals surface area contributed by atoms with Gasteiger partial charge in [0.25, 0.3) is 0 Å². The lowest BCUT2D eigenvalue weighted by molar-refractivity contribution is -0.140. The second-order valence-electron chi connectivity index (χ2n) is 1.89. The number of carboxylic acid groups (broad SMARTS) is 3. The molecule has 0 aromatic carbocycles. The lowest BCUT2D eigenvalue weighted by Gasteiger charge is -2.06. The topological polar surface area (TPSA) is 141 Å². The van der Waals surface area contributed by atoms with Crippen molar-refractivity contribution >= 4 is 12.1 Å². The maximum atomic E-state index is 9.86. The van der Waals surface area contributed by atoms with E-state index in [0.717, 1.165) is 0 Å². The van der Waals surface area contributed by atoms with Crippen molar-refractivity contribution < 1.29 is 30.0 Å². The summed E-state index contributed by atoms with van der Waals surface area (Å²) >= 11 is 0. The van der Waals surface area contributed by atoms with E-state index in [1.165, 1.54) is 6.92 Å². The first-order valence-electron chi connectivity index (χ1n) is 2.87. The minimum absolute atomic E-state index is 0.979. The Morgan fingerprint density at radius 1 is 1.25 bits per heavy atom. The lowest BCUT2D eigenvalue weighted by atomic mass is 10.2. The molecule has 0 aromatic rings. The summed E-state index contributed by atoms with van der Waals surface area (Å²) < 4.78 is 0. The van der Waals surface area contributed by atoms with Crippen molar-refractivity contribution in [2.75, 3.05) is 0 Å². The third-order valence-corrected chi connectivity index (χ3v) is 0.805. The fourth-order valence-corrected chi connectivity index (χ4v) is 0.206. The minimum Gasteiger partial charge on any atom is -0.480 e. The van der Waals surface area contributed by atoms with E-state index < -0.39 is 24.3 Å². The van der Waals surface area contributed by atoms with E-state index in [0.29, 0.717) is 0 Å². The molecule has 0 radical (unpaired) electrons. The van der Waals surface area contributed by atoms with Crippen molar-refractivity contribution in [1.82, 2.24) is 0 Å². The third-order valence-electron chi connectivity index (χ3n) is 0.805. The van der Waals surface area contributed by atoms with Crippen molar-refractivity contribution in [3.05, 3.63) is 0 Å². The summed E-state index contributed by atoms with van der Waals surface area (Å²) in [6.07, 6.45) is -2.81. The fourth-order valence-electron chi connectivity index (χ4n) is 0.206. The molecule has 0 bridgehead atoms. The maximum absolute atomic E-state index is 9.86. The molecule has 0 heterocycles. The normalized spacial score (nSPS) is 13.6. The molecule has 0 aromatic heterocycles. The predicted molar refractivity (Wildman–Crippen MR) is 37.9 cm³/mol. The van der Waals surface area contributed by atoms with E-state index in [1.807, 2.05) is 0 Å². The van der Waals surface area contributed by atoms with Crippen molar-refractivity contribution in [3.8, 4) is 0 Å². The molecule has 0 rings (SSSR count). The number of hydrogen-bond acceptors (Lipinski definition) is 4. The summed E-state index contributed by atoms with van der Waals surface area (Å²) in [5.74, 6) is -1.18. The average Bonchev–Trinajstić information content (AvgIpc) is 1.84. The molecule has 0 aliphatic carbocycles. The highest BCUT2D eigenvalue weighted by Gasteiger charge is 2.16. The van der Waals surface area contributed by atoms with Gasteiger partial charge in [-0.05, 0) is 6.92 Å². The summed E-state index contributed by atoms with van der Waals surface area (Å²) in [6.45, 7) is 1.33. The van der Waals surface area contributed by atoms with Gasteiger partial charge in [0.2, 0.25) is 0 Å². The van der Waals surface area contributed by atoms with Crippen LogP contribution in [0, 0.1) is 0 Å². The number of nitrogens with two attached hydrogens (primary N) is 1. The van der Waals surface area contributed by atoms with Gasteiger partial charge in [-0.2, -0.15) is 0 Å². The Hall–Kier alpha value is -1.34. The average molecular weight is 181 g/mol. The van der Waals surface area contributed by atoms with Gasteiger partial charge in [-0.25, -0.2) is 4.79 Å². The maximum Gasteiger partial charge on any atom is 0.503 e. The second-order valence-corrected chi connectivity index (χ2v) is 1.89. The molecule has 0 saturated carbocycles. The van der Waals surface area contributed by atoms with Gasteiger partial charge in [0, 0.05) is 0 Å². The number of hydrogen-bond donors (Lipinski definition) is 5. The Bertz CT molecular complexity index is 152. The van der Waals surface area contributed by atoms with Crippen molar-refractivity contribution in [1.29, 1.82) is 0 Å². The molecular weight excluding hydrogens is 170 g/mol. The molecule has 0 saturated heterocycles. The molecule has 7 nitrogen and oxygen atoms in total. The van der Waals surface area contributed by atoms with E-state index >= 15 is 0 Å². The van der Waals surface area contributed by atoms with E-state index in [4.69, 9.17) is 31.0 Å². The van der Waals surface area contributed by atoms with Crippen molar-refractivity contribution in [2.45, 2.75) is 19.1 Å². The molecule has 0 aliphatic heterocycles. The van der Waals surface area contributed by atoms with Crippen LogP contribution in [0.15, 0.2) is 0 Å². The smallest absolute Gasteiger partial charge is 0.480 e. The zero-order valence-corrected chi connectivity index (χ0v) is 6.34. The number of carboxylic acids is 1. The van der Waals surface area contributed by atoms with Crippen LogP contribution in [0.5, 0.6) is 0 Å². The SMILES string of the molecule is C[C@@H](O)[C@H](N)C(=O)O.O=C(O)O.